The van der Waals surface area contributed by atoms with Crippen LogP contribution in [0.5, 0.6) is 0 Å². The Kier molecular flexibility index (Phi) is 2.62. The third kappa shape index (κ3) is 2.03. The van der Waals surface area contributed by atoms with Crippen molar-refractivity contribution in [2.75, 3.05) is 0 Å². The molecule has 0 saturated carbocycles. The van der Waals surface area contributed by atoms with Gasteiger partial charge in [0.05, 0.1) is 0 Å². The number of rotatable bonds is 2. The molecule has 1 aromatic rings. The molecule has 1 aromatic heterocycles. The van der Waals surface area contributed by atoms with Gasteiger partial charge in [0.1, 0.15) is 6.10 Å². The van der Waals surface area contributed by atoms with Crippen LogP contribution < -0.4 is 9.79 Å². The van der Waals surface area contributed by atoms with E-state index in [1.54, 1.807) is 14.0 Å². The van der Waals surface area contributed by atoms with Crippen LogP contribution in [-0.4, -0.2) is 16.3 Å². The van der Waals surface area contributed by atoms with Crippen LogP contribution in [-0.2, 0) is 7.05 Å². The zero-order valence-corrected chi connectivity index (χ0v) is 7.68. The maximum absolute atomic E-state index is 10.7. The van der Waals surface area contributed by atoms with E-state index in [4.69, 9.17) is 4.52 Å². The summed E-state index contributed by atoms with van der Waals surface area (Å²) >= 11 is 0. The second kappa shape index (κ2) is 3.53. The molecular weight excluding hydrogens is 174 g/mol. The van der Waals surface area contributed by atoms with Gasteiger partial charge in [-0.3, -0.25) is 4.52 Å². The van der Waals surface area contributed by atoms with Crippen molar-refractivity contribution in [2.45, 2.75) is 20.0 Å². The van der Waals surface area contributed by atoms with Gasteiger partial charge in [-0.1, -0.05) is 0 Å². The standard InChI is InChI=1S/C7H11N3O3/c1-4(11)6-7(8-5(2)12)13-9-10(6)3/h4,11H,1-3H3. The minimum Gasteiger partial charge on any atom is -0.862 e. The van der Waals surface area contributed by atoms with Gasteiger partial charge in [0, 0.05) is 0 Å². The Hall–Kier alpha value is -1.43. The zero-order valence-electron chi connectivity index (χ0n) is 7.68. The molecule has 0 aliphatic carbocycles. The largest absolute Gasteiger partial charge is 0.862 e. The van der Waals surface area contributed by atoms with Crippen LogP contribution in [0.3, 0.4) is 0 Å². The molecule has 0 saturated heterocycles. The lowest BCUT2D eigenvalue weighted by Crippen LogP contribution is -2.35. The first-order valence-corrected chi connectivity index (χ1v) is 3.78. The van der Waals surface area contributed by atoms with Crippen molar-refractivity contribution in [3.63, 3.8) is 0 Å². The number of aliphatic imine (C=N–C) groups is 1. The van der Waals surface area contributed by atoms with Gasteiger partial charge in [0.15, 0.2) is 7.05 Å². The predicted octanol–water partition coefficient (Wildman–Crippen LogP) is -1.04. The predicted molar refractivity (Wildman–Crippen MR) is 41.1 cm³/mol. The number of aryl methyl sites for hydroxylation is 1. The lowest BCUT2D eigenvalue weighted by molar-refractivity contribution is -0.748. The van der Waals surface area contributed by atoms with Gasteiger partial charge < -0.3 is 10.2 Å². The molecule has 0 radical (unpaired) electrons. The molecule has 72 valence electrons. The maximum atomic E-state index is 10.7. The number of nitrogens with zero attached hydrogens (tertiary/aromatic N) is 3. The molecule has 6 heteroatoms. The van der Waals surface area contributed by atoms with Gasteiger partial charge in [-0.25, -0.2) is 4.99 Å². The second-order valence-electron chi connectivity index (χ2n) is 2.69. The molecule has 0 bridgehead atoms. The Labute approximate surface area is 75.1 Å². The van der Waals surface area contributed by atoms with Crippen molar-refractivity contribution in [3.8, 4) is 0 Å². The highest BCUT2D eigenvalue weighted by Gasteiger charge is 2.25. The van der Waals surface area contributed by atoms with Crippen molar-refractivity contribution in [3.05, 3.63) is 5.69 Å². The van der Waals surface area contributed by atoms with E-state index in [0.29, 0.717) is 5.69 Å². The first-order valence-electron chi connectivity index (χ1n) is 3.78. The third-order valence-corrected chi connectivity index (χ3v) is 1.47. The van der Waals surface area contributed by atoms with Crippen LogP contribution >= 0.6 is 0 Å². The number of hydrogen-bond acceptors (Lipinski definition) is 5. The van der Waals surface area contributed by atoms with Crippen molar-refractivity contribution in [1.29, 1.82) is 0 Å². The average Bonchev–Trinajstić information content (AvgIpc) is 2.30. The van der Waals surface area contributed by atoms with Crippen LogP contribution in [0.15, 0.2) is 9.52 Å². The quantitative estimate of drug-likeness (QED) is 0.362. The van der Waals surface area contributed by atoms with E-state index in [1.165, 1.54) is 11.6 Å². The van der Waals surface area contributed by atoms with E-state index in [2.05, 4.69) is 10.3 Å². The van der Waals surface area contributed by atoms with Crippen molar-refractivity contribution in [2.24, 2.45) is 12.0 Å². The van der Waals surface area contributed by atoms with Crippen molar-refractivity contribution >= 4 is 11.8 Å². The lowest BCUT2D eigenvalue weighted by atomic mass is 10.3. The number of aromatic nitrogens is 2. The second-order valence-corrected chi connectivity index (χ2v) is 2.69. The first-order chi connectivity index (χ1) is 6.02. The minimum absolute atomic E-state index is 0.0602. The molecule has 0 aliphatic rings. The molecule has 0 aliphatic heterocycles. The molecule has 0 aromatic carbocycles. The van der Waals surface area contributed by atoms with E-state index in [9.17, 15) is 10.2 Å². The molecule has 0 fully saturated rings. The molecule has 1 unspecified atom stereocenters. The lowest BCUT2D eigenvalue weighted by Gasteiger charge is -1.99. The van der Waals surface area contributed by atoms with E-state index in [1.807, 2.05) is 0 Å². The zero-order chi connectivity index (χ0) is 10.0. The van der Waals surface area contributed by atoms with Crippen LogP contribution in [0.4, 0.5) is 5.88 Å². The Morgan fingerprint density at radius 3 is 2.85 bits per heavy atom. The monoisotopic (exact) mass is 185 g/mol. The van der Waals surface area contributed by atoms with Gasteiger partial charge in [0.25, 0.3) is 0 Å². The fraction of sp³-hybridized carbons (Fsp3) is 0.571. The number of aliphatic hydroxyl groups is 1. The summed E-state index contributed by atoms with van der Waals surface area (Å²) in [6, 6.07) is 0. The summed E-state index contributed by atoms with van der Waals surface area (Å²) < 4.78 is 6.07. The normalized spacial score (nSPS) is 14.6. The molecule has 1 heterocycles. The van der Waals surface area contributed by atoms with Crippen LogP contribution in [0.25, 0.3) is 0 Å². The third-order valence-electron chi connectivity index (χ3n) is 1.47. The number of aliphatic hydroxyl groups excluding tert-OH is 1. The summed E-state index contributed by atoms with van der Waals surface area (Å²) in [4.78, 5) is 3.55. The summed E-state index contributed by atoms with van der Waals surface area (Å²) in [7, 11) is 1.60. The highest BCUT2D eigenvalue weighted by Crippen LogP contribution is 2.20. The van der Waals surface area contributed by atoms with Gasteiger partial charge in [-0.15, -0.1) is 0 Å². The molecule has 1 atom stereocenters. The summed E-state index contributed by atoms with van der Waals surface area (Å²) in [6.07, 6.45) is -0.769. The van der Waals surface area contributed by atoms with Gasteiger partial charge in [0.2, 0.25) is 5.27 Å². The van der Waals surface area contributed by atoms with Crippen molar-refractivity contribution < 1.29 is 19.4 Å². The fourth-order valence-electron chi connectivity index (χ4n) is 0.999. The van der Waals surface area contributed by atoms with E-state index in [-0.39, 0.29) is 5.88 Å². The first kappa shape index (κ1) is 9.66. The van der Waals surface area contributed by atoms with Gasteiger partial charge in [-0.2, -0.15) is 0 Å². The van der Waals surface area contributed by atoms with Crippen LogP contribution in [0, 0.1) is 0 Å². The molecule has 6 nitrogen and oxygen atoms in total. The Morgan fingerprint density at radius 1 is 1.77 bits per heavy atom. The van der Waals surface area contributed by atoms with E-state index in [0.717, 1.165) is 0 Å². The summed E-state index contributed by atoms with van der Waals surface area (Å²) in [5, 5.41) is 23.5. The van der Waals surface area contributed by atoms with Crippen molar-refractivity contribution in [1.82, 2.24) is 5.27 Å². The summed E-state index contributed by atoms with van der Waals surface area (Å²) in [5.41, 5.74) is 0.384. The smallest absolute Gasteiger partial charge is 0.326 e. The number of hydrogen-bond donors (Lipinski definition) is 1. The molecular formula is C7H11N3O3. The summed E-state index contributed by atoms with van der Waals surface area (Å²) in [6.45, 7) is 2.85. The molecule has 0 amide bonds. The Morgan fingerprint density at radius 2 is 2.38 bits per heavy atom. The highest BCUT2D eigenvalue weighted by atomic mass is 16.5. The van der Waals surface area contributed by atoms with Gasteiger partial charge in [-0.05, 0) is 24.4 Å². The van der Waals surface area contributed by atoms with E-state index >= 15 is 0 Å². The Bertz CT molecular complexity index is 326. The van der Waals surface area contributed by atoms with Crippen LogP contribution in [0.2, 0.25) is 0 Å². The SMILES string of the molecule is C/C([O-])=N/c1on[n+](C)c1C(C)O. The fourth-order valence-corrected chi connectivity index (χ4v) is 0.999. The molecule has 0 spiro atoms. The molecule has 1 N–H and O–H groups in total. The summed E-state index contributed by atoms with van der Waals surface area (Å²) in [5.74, 6) is -0.330. The van der Waals surface area contributed by atoms with Gasteiger partial charge >= 0.3 is 11.6 Å². The molecule has 13 heavy (non-hydrogen) atoms. The topological polar surface area (TPSA) is 85.6 Å². The Balaban J connectivity index is 3.15. The van der Waals surface area contributed by atoms with E-state index < -0.39 is 12.0 Å². The van der Waals surface area contributed by atoms with Crippen LogP contribution in [0.1, 0.15) is 25.6 Å². The average molecular weight is 185 g/mol. The minimum atomic E-state index is -0.769. The molecule has 1 rings (SSSR count). The maximum Gasteiger partial charge on any atom is 0.326 e. The highest BCUT2D eigenvalue weighted by molar-refractivity contribution is 5.71.